The second kappa shape index (κ2) is 10.3. The molecular formula is C19H40NO2+. The first-order valence-corrected chi connectivity index (χ1v) is 9.17. The number of hydrogen-bond acceptors (Lipinski definition) is 1. The molecule has 0 aromatic carbocycles. The summed E-state index contributed by atoms with van der Waals surface area (Å²) >= 11 is 0. The van der Waals surface area contributed by atoms with Gasteiger partial charge in [-0.05, 0) is 6.42 Å². The van der Waals surface area contributed by atoms with Crippen LogP contribution in [0, 0.1) is 5.41 Å². The molecule has 0 saturated heterocycles. The second-order valence-corrected chi connectivity index (χ2v) is 8.42. The molecule has 3 nitrogen and oxygen atoms in total. The normalized spacial score (nSPS) is 14.1. The van der Waals surface area contributed by atoms with Gasteiger partial charge in [-0.3, -0.25) is 0 Å². The molecule has 0 aliphatic carbocycles. The Labute approximate surface area is 138 Å². The Morgan fingerprint density at radius 1 is 0.909 bits per heavy atom. The summed E-state index contributed by atoms with van der Waals surface area (Å²) in [7, 11) is 5.95. The largest absolute Gasteiger partial charge is 0.477 e. The molecule has 0 heterocycles. The molecule has 1 unspecified atom stereocenters. The number of nitrogens with zero attached hydrogens (tertiary/aromatic N) is 1. The quantitative estimate of drug-likeness (QED) is 0.379. The van der Waals surface area contributed by atoms with Crippen molar-refractivity contribution in [3.8, 4) is 0 Å². The van der Waals surface area contributed by atoms with Gasteiger partial charge in [0.05, 0.1) is 21.1 Å². The lowest BCUT2D eigenvalue weighted by Crippen LogP contribution is -2.57. The lowest BCUT2D eigenvalue weighted by Gasteiger charge is -2.41. The fourth-order valence-corrected chi connectivity index (χ4v) is 3.74. The third-order valence-corrected chi connectivity index (χ3v) is 4.67. The Morgan fingerprint density at radius 2 is 1.32 bits per heavy atom. The van der Waals surface area contributed by atoms with E-state index in [1.165, 1.54) is 51.4 Å². The summed E-state index contributed by atoms with van der Waals surface area (Å²) in [6.07, 6.45) is 12.8. The van der Waals surface area contributed by atoms with Crippen LogP contribution in [0.25, 0.3) is 0 Å². The van der Waals surface area contributed by atoms with Crippen molar-refractivity contribution in [3.05, 3.63) is 0 Å². The van der Waals surface area contributed by atoms with Crippen LogP contribution in [-0.2, 0) is 4.79 Å². The van der Waals surface area contributed by atoms with Crippen molar-refractivity contribution in [1.29, 1.82) is 0 Å². The van der Waals surface area contributed by atoms with Gasteiger partial charge in [-0.15, -0.1) is 0 Å². The van der Waals surface area contributed by atoms with Gasteiger partial charge >= 0.3 is 5.97 Å². The minimum Gasteiger partial charge on any atom is -0.477 e. The molecule has 0 bridgehead atoms. The topological polar surface area (TPSA) is 37.3 Å². The summed E-state index contributed by atoms with van der Waals surface area (Å²) in [5.41, 5.74) is -0.161. The molecule has 0 saturated carbocycles. The number of carboxylic acid groups (broad SMARTS) is 1. The van der Waals surface area contributed by atoms with Crippen molar-refractivity contribution >= 4 is 5.97 Å². The Balaban J connectivity index is 3.99. The number of unbranched alkanes of at least 4 members (excludes halogenated alkanes) is 8. The maximum Gasteiger partial charge on any atom is 0.363 e. The highest BCUT2D eigenvalue weighted by Gasteiger charge is 2.44. The van der Waals surface area contributed by atoms with Crippen LogP contribution in [0.4, 0.5) is 0 Å². The van der Waals surface area contributed by atoms with Crippen molar-refractivity contribution < 1.29 is 14.4 Å². The highest BCUT2D eigenvalue weighted by atomic mass is 16.4. The number of quaternary nitrogens is 1. The number of rotatable bonds is 13. The van der Waals surface area contributed by atoms with Gasteiger partial charge in [-0.2, -0.15) is 0 Å². The first-order valence-electron chi connectivity index (χ1n) is 9.17. The van der Waals surface area contributed by atoms with Crippen molar-refractivity contribution in [2.24, 2.45) is 5.41 Å². The van der Waals surface area contributed by atoms with E-state index in [1.807, 2.05) is 21.1 Å². The van der Waals surface area contributed by atoms with E-state index in [2.05, 4.69) is 20.8 Å². The minimum atomic E-state index is -0.673. The molecule has 0 aliphatic rings. The van der Waals surface area contributed by atoms with Crippen LogP contribution in [0.2, 0.25) is 0 Å². The number of aliphatic carboxylic acids is 1. The van der Waals surface area contributed by atoms with Crippen LogP contribution in [0.3, 0.4) is 0 Å². The Morgan fingerprint density at radius 3 is 1.68 bits per heavy atom. The molecule has 0 amide bonds. The van der Waals surface area contributed by atoms with Gasteiger partial charge in [0.1, 0.15) is 0 Å². The SMILES string of the molecule is CCCCCCCCCCCC(C)(C)C(C(=O)O)[N+](C)(C)C. The number of hydrogen-bond donors (Lipinski definition) is 1. The van der Waals surface area contributed by atoms with Crippen LogP contribution < -0.4 is 0 Å². The molecule has 132 valence electrons. The minimum absolute atomic E-state index is 0.161. The monoisotopic (exact) mass is 314 g/mol. The highest BCUT2D eigenvalue weighted by molar-refractivity contribution is 5.73. The number of likely N-dealkylation sites (N-methyl/N-ethyl adjacent to an activating group) is 1. The standard InChI is InChI=1S/C19H39NO2/c1-7-8-9-10-11-12-13-14-15-16-19(2,3)17(18(21)22)20(4,5)6/h17H,7-16H2,1-6H3/p+1. The van der Waals surface area contributed by atoms with Gasteiger partial charge in [0.2, 0.25) is 0 Å². The third-order valence-electron chi connectivity index (χ3n) is 4.67. The van der Waals surface area contributed by atoms with Gasteiger partial charge in [-0.25, -0.2) is 4.79 Å². The summed E-state index contributed by atoms with van der Waals surface area (Å²) in [6, 6.07) is -0.346. The van der Waals surface area contributed by atoms with Crippen molar-refractivity contribution in [3.63, 3.8) is 0 Å². The van der Waals surface area contributed by atoms with Gasteiger partial charge in [0.25, 0.3) is 0 Å². The van der Waals surface area contributed by atoms with Crippen LogP contribution in [0.5, 0.6) is 0 Å². The molecule has 1 atom stereocenters. The Kier molecular flexibility index (Phi) is 9.99. The summed E-state index contributed by atoms with van der Waals surface area (Å²) < 4.78 is 0.486. The molecule has 3 heteroatoms. The van der Waals surface area contributed by atoms with Crippen LogP contribution >= 0.6 is 0 Å². The molecule has 0 radical (unpaired) electrons. The van der Waals surface area contributed by atoms with E-state index in [1.54, 1.807) is 0 Å². The van der Waals surface area contributed by atoms with E-state index in [9.17, 15) is 9.90 Å². The van der Waals surface area contributed by atoms with Crippen molar-refractivity contribution in [2.45, 2.75) is 91.0 Å². The van der Waals surface area contributed by atoms with Crippen LogP contribution in [0.1, 0.15) is 85.0 Å². The van der Waals surface area contributed by atoms with E-state index in [0.717, 1.165) is 12.8 Å². The van der Waals surface area contributed by atoms with Gasteiger partial charge in [-0.1, -0.05) is 78.6 Å². The zero-order valence-corrected chi connectivity index (χ0v) is 16.0. The average Bonchev–Trinajstić information content (AvgIpc) is 2.33. The van der Waals surface area contributed by atoms with E-state index in [0.29, 0.717) is 4.48 Å². The van der Waals surface area contributed by atoms with E-state index in [-0.39, 0.29) is 11.5 Å². The molecule has 22 heavy (non-hydrogen) atoms. The summed E-state index contributed by atoms with van der Waals surface area (Å²) in [6.45, 7) is 6.47. The first kappa shape index (κ1) is 21.4. The number of carboxylic acids is 1. The molecule has 0 aromatic rings. The lowest BCUT2D eigenvalue weighted by molar-refractivity contribution is -0.894. The lowest BCUT2D eigenvalue weighted by atomic mass is 9.78. The molecule has 0 rings (SSSR count). The summed E-state index contributed by atoms with van der Waals surface area (Å²) in [5, 5.41) is 9.57. The zero-order valence-electron chi connectivity index (χ0n) is 16.0. The van der Waals surface area contributed by atoms with Crippen LogP contribution in [0.15, 0.2) is 0 Å². The average molecular weight is 315 g/mol. The van der Waals surface area contributed by atoms with Gasteiger partial charge < -0.3 is 9.59 Å². The molecule has 0 aromatic heterocycles. The Hall–Kier alpha value is -0.570. The zero-order chi connectivity index (χ0) is 17.2. The predicted octanol–water partition coefficient (Wildman–Crippen LogP) is 5.09. The van der Waals surface area contributed by atoms with Crippen molar-refractivity contribution in [2.75, 3.05) is 21.1 Å². The molecule has 0 fully saturated rings. The third kappa shape index (κ3) is 8.77. The summed E-state index contributed by atoms with van der Waals surface area (Å²) in [4.78, 5) is 11.6. The van der Waals surface area contributed by atoms with Gasteiger partial charge in [0, 0.05) is 5.41 Å². The van der Waals surface area contributed by atoms with E-state index >= 15 is 0 Å². The van der Waals surface area contributed by atoms with Crippen LogP contribution in [-0.4, -0.2) is 42.7 Å². The maximum atomic E-state index is 11.6. The maximum absolute atomic E-state index is 11.6. The molecule has 0 spiro atoms. The second-order valence-electron chi connectivity index (χ2n) is 8.42. The molecular weight excluding hydrogens is 274 g/mol. The molecule has 1 N–H and O–H groups in total. The molecule has 0 aliphatic heterocycles. The highest BCUT2D eigenvalue weighted by Crippen LogP contribution is 2.33. The fraction of sp³-hybridized carbons (Fsp3) is 0.947. The smallest absolute Gasteiger partial charge is 0.363 e. The van der Waals surface area contributed by atoms with E-state index < -0.39 is 5.97 Å². The first-order chi connectivity index (χ1) is 10.1. The predicted molar refractivity (Wildman–Crippen MR) is 95.1 cm³/mol. The fourth-order valence-electron chi connectivity index (χ4n) is 3.74. The van der Waals surface area contributed by atoms with E-state index in [4.69, 9.17) is 0 Å². The Bertz CT molecular complexity index is 305. The summed E-state index contributed by atoms with van der Waals surface area (Å²) in [5.74, 6) is -0.673. The van der Waals surface area contributed by atoms with Gasteiger partial charge in [0.15, 0.2) is 6.04 Å². The number of carbonyl (C=O) groups is 1. The van der Waals surface area contributed by atoms with Crippen molar-refractivity contribution in [1.82, 2.24) is 0 Å².